The molecule has 1 aromatic heterocycles. The van der Waals surface area contributed by atoms with Crippen LogP contribution in [0.1, 0.15) is 20.8 Å². The van der Waals surface area contributed by atoms with E-state index in [-0.39, 0.29) is 4.90 Å². The minimum absolute atomic E-state index is 0.00851. The number of hydrogen-bond acceptors (Lipinski definition) is 5. The smallest absolute Gasteiger partial charge is 0.419 e. The van der Waals surface area contributed by atoms with Gasteiger partial charge in [0.25, 0.3) is 0 Å². The highest BCUT2D eigenvalue weighted by atomic mass is 32.2. The van der Waals surface area contributed by atoms with Gasteiger partial charge in [-0.2, -0.15) is 0 Å². The number of carbonyl (C=O) groups is 1. The van der Waals surface area contributed by atoms with Gasteiger partial charge in [-0.25, -0.2) is 17.5 Å². The van der Waals surface area contributed by atoms with E-state index in [1.54, 1.807) is 39.0 Å². The molecule has 0 atom stereocenters. The number of aromatic nitrogens is 1. The summed E-state index contributed by atoms with van der Waals surface area (Å²) in [6.45, 7) is 5.23. The molecule has 24 heavy (non-hydrogen) atoms. The van der Waals surface area contributed by atoms with E-state index < -0.39 is 21.7 Å². The molecule has 0 unspecified atom stereocenters. The predicted molar refractivity (Wildman–Crippen MR) is 91.0 cm³/mol. The van der Waals surface area contributed by atoms with Crippen LogP contribution >= 0.6 is 0 Å². The third kappa shape index (κ3) is 3.25. The molecule has 8 heteroatoms. The van der Waals surface area contributed by atoms with E-state index in [9.17, 15) is 13.2 Å². The normalized spacial score (nSPS) is 12.6. The number of sulfonamides is 1. The third-order valence-corrected chi connectivity index (χ3v) is 5.15. The molecule has 1 aromatic carbocycles. The first-order valence-corrected chi connectivity index (χ1v) is 8.77. The van der Waals surface area contributed by atoms with Crippen molar-refractivity contribution in [3.63, 3.8) is 0 Å². The van der Waals surface area contributed by atoms with Gasteiger partial charge in [0.2, 0.25) is 10.0 Å². The number of carbonyl (C=O) groups excluding carboxylic acids is 1. The number of hydrogen-bond donors (Lipinski definition) is 0. The molecule has 2 aromatic rings. The molecular formula is C16H22N2O5S. The van der Waals surface area contributed by atoms with Gasteiger partial charge < -0.3 is 9.47 Å². The maximum absolute atomic E-state index is 12.6. The number of methoxy groups -OCH3 is 1. The van der Waals surface area contributed by atoms with Gasteiger partial charge >= 0.3 is 6.09 Å². The van der Waals surface area contributed by atoms with Gasteiger partial charge in [0.15, 0.2) is 0 Å². The molecular weight excluding hydrogens is 332 g/mol. The predicted octanol–water partition coefficient (Wildman–Crippen LogP) is 2.68. The molecule has 0 aliphatic rings. The lowest BCUT2D eigenvalue weighted by Gasteiger charge is -2.19. The first-order chi connectivity index (χ1) is 11.0. The Morgan fingerprint density at radius 1 is 1.21 bits per heavy atom. The Kier molecular flexibility index (Phi) is 4.65. The lowest BCUT2D eigenvalue weighted by molar-refractivity contribution is 0.0544. The molecule has 132 valence electrons. The zero-order valence-corrected chi connectivity index (χ0v) is 15.5. The van der Waals surface area contributed by atoms with Crippen molar-refractivity contribution in [3.8, 4) is 5.75 Å². The van der Waals surface area contributed by atoms with Crippen LogP contribution in [-0.2, 0) is 14.8 Å². The molecule has 0 saturated carbocycles. The Morgan fingerprint density at radius 3 is 2.33 bits per heavy atom. The summed E-state index contributed by atoms with van der Waals surface area (Å²) in [6.07, 6.45) is 0.623. The largest absolute Gasteiger partial charge is 0.496 e. The van der Waals surface area contributed by atoms with Crippen molar-refractivity contribution in [2.75, 3.05) is 21.2 Å². The van der Waals surface area contributed by atoms with Crippen LogP contribution in [0.15, 0.2) is 29.3 Å². The van der Waals surface area contributed by atoms with Gasteiger partial charge in [0.1, 0.15) is 16.2 Å². The Morgan fingerprint density at radius 2 is 1.83 bits per heavy atom. The van der Waals surface area contributed by atoms with Gasteiger partial charge in [-0.1, -0.05) is 6.07 Å². The highest BCUT2D eigenvalue weighted by molar-refractivity contribution is 7.89. The van der Waals surface area contributed by atoms with E-state index >= 15 is 0 Å². The van der Waals surface area contributed by atoms with Crippen LogP contribution in [0.5, 0.6) is 5.75 Å². The van der Waals surface area contributed by atoms with Crippen LogP contribution in [0.3, 0.4) is 0 Å². The summed E-state index contributed by atoms with van der Waals surface area (Å²) in [5, 5.41) is 0.347. The molecule has 2 rings (SSSR count). The summed E-state index contributed by atoms with van der Waals surface area (Å²) in [6, 6.07) is 4.99. The maximum Gasteiger partial charge on any atom is 0.419 e. The van der Waals surface area contributed by atoms with Gasteiger partial charge in [0.05, 0.1) is 18.0 Å². The van der Waals surface area contributed by atoms with Crippen LogP contribution < -0.4 is 4.74 Å². The zero-order chi connectivity index (χ0) is 18.3. The van der Waals surface area contributed by atoms with Crippen LogP contribution in [0, 0.1) is 0 Å². The summed E-state index contributed by atoms with van der Waals surface area (Å²) in [5.74, 6) is 0.371. The second kappa shape index (κ2) is 6.10. The van der Waals surface area contributed by atoms with E-state index in [1.165, 1.54) is 32.0 Å². The van der Waals surface area contributed by atoms with Gasteiger partial charge in [-0.15, -0.1) is 0 Å². The minimum Gasteiger partial charge on any atom is -0.496 e. The summed E-state index contributed by atoms with van der Waals surface area (Å²) < 4.78 is 38.2. The standard InChI is InChI=1S/C16H22N2O5S/c1-16(2,3)23-15(19)18-10-13(24(20,21)17(4)5)14-11(18)8-7-9-12(14)22-6/h7-10H,1-6H3. The Balaban J connectivity index is 2.79. The number of nitrogens with zero attached hydrogens (tertiary/aromatic N) is 2. The topological polar surface area (TPSA) is 77.8 Å². The highest BCUT2D eigenvalue weighted by Gasteiger charge is 2.28. The molecule has 0 amide bonds. The third-order valence-electron chi connectivity index (χ3n) is 3.33. The number of fused-ring (bicyclic) bond motifs is 1. The van der Waals surface area contributed by atoms with Crippen molar-refractivity contribution in [1.82, 2.24) is 8.87 Å². The fourth-order valence-corrected chi connectivity index (χ4v) is 3.34. The van der Waals surface area contributed by atoms with E-state index in [0.717, 1.165) is 4.31 Å². The zero-order valence-electron chi connectivity index (χ0n) is 14.7. The van der Waals surface area contributed by atoms with Crippen LogP contribution in [0.25, 0.3) is 10.9 Å². The van der Waals surface area contributed by atoms with Gasteiger partial charge in [-0.3, -0.25) is 4.57 Å². The maximum atomic E-state index is 12.6. The Bertz CT molecular complexity index is 876. The lowest BCUT2D eigenvalue weighted by atomic mass is 10.2. The molecule has 0 bridgehead atoms. The van der Waals surface area contributed by atoms with Crippen LogP contribution in [-0.4, -0.2) is 50.2 Å². The SMILES string of the molecule is COc1cccc2c1c(S(=O)(=O)N(C)C)cn2C(=O)OC(C)(C)C. The van der Waals surface area contributed by atoms with Crippen molar-refractivity contribution in [2.45, 2.75) is 31.3 Å². The summed E-state index contributed by atoms with van der Waals surface area (Å²) >= 11 is 0. The van der Waals surface area contributed by atoms with Crippen LogP contribution in [0.2, 0.25) is 0 Å². The average molecular weight is 354 g/mol. The molecule has 0 aliphatic carbocycles. The molecule has 7 nitrogen and oxygen atoms in total. The van der Waals surface area contributed by atoms with E-state index in [0.29, 0.717) is 16.7 Å². The average Bonchev–Trinajstić information content (AvgIpc) is 2.85. The monoisotopic (exact) mass is 354 g/mol. The van der Waals surface area contributed by atoms with Gasteiger partial charge in [0, 0.05) is 20.3 Å². The number of benzene rings is 1. The first kappa shape index (κ1) is 18.3. The molecule has 0 spiro atoms. The van der Waals surface area contributed by atoms with Crippen LogP contribution in [0.4, 0.5) is 4.79 Å². The van der Waals surface area contributed by atoms with Gasteiger partial charge in [-0.05, 0) is 32.9 Å². The second-order valence-electron chi connectivity index (χ2n) is 6.49. The summed E-state index contributed by atoms with van der Waals surface area (Å²) in [7, 11) is 0.546. The highest BCUT2D eigenvalue weighted by Crippen LogP contribution is 2.34. The molecule has 0 N–H and O–H groups in total. The fraction of sp³-hybridized carbons (Fsp3) is 0.438. The van der Waals surface area contributed by atoms with E-state index in [2.05, 4.69) is 0 Å². The van der Waals surface area contributed by atoms with Crippen molar-refractivity contribution >= 4 is 27.0 Å². The molecule has 0 radical (unpaired) electrons. The lowest BCUT2D eigenvalue weighted by Crippen LogP contribution is -2.27. The quantitative estimate of drug-likeness (QED) is 0.847. The molecule has 1 heterocycles. The number of ether oxygens (including phenoxy) is 2. The summed E-state index contributed by atoms with van der Waals surface area (Å²) in [5.41, 5.74) is -0.295. The molecule has 0 saturated heterocycles. The van der Waals surface area contributed by atoms with E-state index in [1.807, 2.05) is 0 Å². The minimum atomic E-state index is -3.77. The van der Waals surface area contributed by atoms with Crippen molar-refractivity contribution in [1.29, 1.82) is 0 Å². The van der Waals surface area contributed by atoms with Crippen molar-refractivity contribution in [3.05, 3.63) is 24.4 Å². The molecule has 0 fully saturated rings. The van der Waals surface area contributed by atoms with E-state index in [4.69, 9.17) is 9.47 Å². The van der Waals surface area contributed by atoms with Crippen molar-refractivity contribution < 1.29 is 22.7 Å². The number of rotatable bonds is 3. The molecule has 0 aliphatic heterocycles. The van der Waals surface area contributed by atoms with Crippen molar-refractivity contribution in [2.24, 2.45) is 0 Å². The second-order valence-corrected chi connectivity index (χ2v) is 8.61. The summed E-state index contributed by atoms with van der Waals surface area (Å²) in [4.78, 5) is 12.5. The first-order valence-electron chi connectivity index (χ1n) is 7.33. The fourth-order valence-electron chi connectivity index (χ4n) is 2.24. The Hall–Kier alpha value is -2.06. The Labute approximate surface area is 141 Å².